The molecule has 1 heterocycles. The van der Waals surface area contributed by atoms with Crippen molar-refractivity contribution in [3.05, 3.63) is 96.6 Å². The molecule has 34 heavy (non-hydrogen) atoms. The standard InChI is InChI=1S/C26H23N5O2S/c1-31-25(29-30-26(31)34-18-24(33)27-21-12-6-3-7-13-21)20-11-8-14-22(17-20)28-23(32)16-15-19-9-4-2-5-10-19/h2-17H,18H2,1H3,(H,27,33)(H,28,32). The van der Waals surface area contributed by atoms with Crippen molar-refractivity contribution in [3.63, 3.8) is 0 Å². The number of aromatic nitrogens is 3. The van der Waals surface area contributed by atoms with Crippen molar-refractivity contribution in [1.29, 1.82) is 0 Å². The molecule has 0 aliphatic heterocycles. The molecule has 0 saturated carbocycles. The number of amides is 2. The number of para-hydroxylation sites is 1. The lowest BCUT2D eigenvalue weighted by molar-refractivity contribution is -0.114. The van der Waals surface area contributed by atoms with Gasteiger partial charge < -0.3 is 15.2 Å². The molecule has 2 amide bonds. The highest BCUT2D eigenvalue weighted by Crippen LogP contribution is 2.25. The Morgan fingerprint density at radius 2 is 1.59 bits per heavy atom. The Morgan fingerprint density at radius 3 is 2.35 bits per heavy atom. The van der Waals surface area contributed by atoms with E-state index in [1.165, 1.54) is 17.8 Å². The van der Waals surface area contributed by atoms with E-state index in [2.05, 4.69) is 20.8 Å². The van der Waals surface area contributed by atoms with Gasteiger partial charge in [0.2, 0.25) is 11.8 Å². The van der Waals surface area contributed by atoms with Crippen molar-refractivity contribution in [1.82, 2.24) is 14.8 Å². The van der Waals surface area contributed by atoms with Crippen molar-refractivity contribution in [3.8, 4) is 11.4 Å². The highest BCUT2D eigenvalue weighted by molar-refractivity contribution is 7.99. The Bertz CT molecular complexity index is 1300. The quantitative estimate of drug-likeness (QED) is 0.284. The van der Waals surface area contributed by atoms with Gasteiger partial charge in [-0.15, -0.1) is 10.2 Å². The summed E-state index contributed by atoms with van der Waals surface area (Å²) in [6.45, 7) is 0. The fourth-order valence-electron chi connectivity index (χ4n) is 3.20. The fourth-order valence-corrected chi connectivity index (χ4v) is 3.91. The highest BCUT2D eigenvalue weighted by atomic mass is 32.2. The molecule has 0 spiro atoms. The zero-order valence-electron chi connectivity index (χ0n) is 18.5. The summed E-state index contributed by atoms with van der Waals surface area (Å²) in [5, 5.41) is 14.8. The molecule has 0 fully saturated rings. The van der Waals surface area contributed by atoms with E-state index < -0.39 is 0 Å². The number of carbonyl (C=O) groups excluding carboxylic acids is 2. The second-order valence-electron chi connectivity index (χ2n) is 7.38. The number of anilines is 2. The van der Waals surface area contributed by atoms with E-state index in [4.69, 9.17) is 0 Å². The van der Waals surface area contributed by atoms with Crippen molar-refractivity contribution in [2.24, 2.45) is 7.05 Å². The van der Waals surface area contributed by atoms with Gasteiger partial charge in [-0.3, -0.25) is 9.59 Å². The van der Waals surface area contributed by atoms with E-state index in [1.807, 2.05) is 96.5 Å². The lowest BCUT2D eigenvalue weighted by atomic mass is 10.2. The predicted octanol–water partition coefficient (Wildman–Crippen LogP) is 4.86. The van der Waals surface area contributed by atoms with Gasteiger partial charge in [-0.2, -0.15) is 0 Å². The third-order valence-electron chi connectivity index (χ3n) is 4.84. The van der Waals surface area contributed by atoms with Gasteiger partial charge in [0.1, 0.15) is 0 Å². The summed E-state index contributed by atoms with van der Waals surface area (Å²) in [5.41, 5.74) is 3.16. The summed E-state index contributed by atoms with van der Waals surface area (Å²) in [6, 6.07) is 26.3. The van der Waals surface area contributed by atoms with Gasteiger partial charge in [0.05, 0.1) is 5.75 Å². The molecule has 170 valence electrons. The van der Waals surface area contributed by atoms with Crippen LogP contribution >= 0.6 is 11.8 Å². The number of benzene rings is 3. The lowest BCUT2D eigenvalue weighted by Gasteiger charge is -2.07. The second kappa shape index (κ2) is 11.1. The van der Waals surface area contributed by atoms with Gasteiger partial charge in [-0.05, 0) is 35.9 Å². The van der Waals surface area contributed by atoms with E-state index in [-0.39, 0.29) is 17.6 Å². The number of carbonyl (C=O) groups is 2. The molecule has 0 bridgehead atoms. The molecule has 0 atom stereocenters. The van der Waals surface area contributed by atoms with Crippen LogP contribution in [-0.4, -0.2) is 32.3 Å². The Morgan fingerprint density at radius 1 is 0.882 bits per heavy atom. The third-order valence-corrected chi connectivity index (χ3v) is 5.86. The number of rotatable bonds is 8. The van der Waals surface area contributed by atoms with Crippen molar-refractivity contribution < 1.29 is 9.59 Å². The molecule has 1 aromatic heterocycles. The van der Waals surface area contributed by atoms with E-state index in [0.717, 1.165) is 16.8 Å². The molecule has 0 unspecified atom stereocenters. The number of nitrogens with one attached hydrogen (secondary N) is 2. The van der Waals surface area contributed by atoms with E-state index in [0.29, 0.717) is 16.7 Å². The maximum absolute atomic E-state index is 12.3. The summed E-state index contributed by atoms with van der Waals surface area (Å²) in [7, 11) is 1.85. The molecule has 0 saturated heterocycles. The van der Waals surface area contributed by atoms with Gasteiger partial charge in [-0.1, -0.05) is 72.4 Å². The first-order chi connectivity index (χ1) is 16.6. The minimum absolute atomic E-state index is 0.117. The molecule has 0 radical (unpaired) electrons. The van der Waals surface area contributed by atoms with Crippen LogP contribution in [-0.2, 0) is 16.6 Å². The third kappa shape index (κ3) is 6.20. The van der Waals surface area contributed by atoms with Crippen LogP contribution in [0.5, 0.6) is 0 Å². The van der Waals surface area contributed by atoms with Gasteiger partial charge in [0.25, 0.3) is 0 Å². The molecule has 8 heteroatoms. The molecule has 0 aliphatic carbocycles. The zero-order valence-corrected chi connectivity index (χ0v) is 19.3. The van der Waals surface area contributed by atoms with Crippen LogP contribution in [0, 0.1) is 0 Å². The van der Waals surface area contributed by atoms with Crippen LogP contribution in [0.1, 0.15) is 5.56 Å². The summed E-state index contributed by atoms with van der Waals surface area (Å²) >= 11 is 1.31. The van der Waals surface area contributed by atoms with Crippen LogP contribution in [0.2, 0.25) is 0 Å². The normalized spacial score (nSPS) is 10.9. The first-order valence-electron chi connectivity index (χ1n) is 10.6. The summed E-state index contributed by atoms with van der Waals surface area (Å²) in [6.07, 6.45) is 3.26. The first kappa shape index (κ1) is 23.0. The first-order valence-corrected chi connectivity index (χ1v) is 11.6. The van der Waals surface area contributed by atoms with Crippen LogP contribution in [0.25, 0.3) is 17.5 Å². The minimum Gasteiger partial charge on any atom is -0.325 e. The number of thioether (sulfide) groups is 1. The van der Waals surface area contributed by atoms with Gasteiger partial charge in [-0.25, -0.2) is 0 Å². The molecule has 0 aliphatic rings. The van der Waals surface area contributed by atoms with E-state index in [1.54, 1.807) is 6.08 Å². The molecular weight excluding hydrogens is 446 g/mol. The molecule has 4 aromatic rings. The Kier molecular flexibility index (Phi) is 7.52. The van der Waals surface area contributed by atoms with Crippen LogP contribution in [0.15, 0.2) is 96.2 Å². The van der Waals surface area contributed by atoms with E-state index >= 15 is 0 Å². The topological polar surface area (TPSA) is 88.9 Å². The van der Waals surface area contributed by atoms with Crippen molar-refractivity contribution in [2.45, 2.75) is 5.16 Å². The SMILES string of the molecule is Cn1c(SCC(=O)Nc2ccccc2)nnc1-c1cccc(NC(=O)C=Cc2ccccc2)c1. The summed E-state index contributed by atoms with van der Waals surface area (Å²) in [4.78, 5) is 24.5. The Labute approximate surface area is 201 Å². The second-order valence-corrected chi connectivity index (χ2v) is 8.32. The average molecular weight is 470 g/mol. The number of hydrogen-bond donors (Lipinski definition) is 2. The Hall–Kier alpha value is -4.17. The van der Waals surface area contributed by atoms with Crippen LogP contribution in [0.4, 0.5) is 11.4 Å². The molecule has 2 N–H and O–H groups in total. The molecular formula is C26H23N5O2S. The van der Waals surface area contributed by atoms with Crippen LogP contribution < -0.4 is 10.6 Å². The largest absolute Gasteiger partial charge is 0.325 e. The van der Waals surface area contributed by atoms with Gasteiger partial charge in [0.15, 0.2) is 11.0 Å². The maximum atomic E-state index is 12.3. The monoisotopic (exact) mass is 469 g/mol. The zero-order chi connectivity index (χ0) is 23.8. The number of hydrogen-bond acceptors (Lipinski definition) is 5. The molecule has 3 aromatic carbocycles. The number of nitrogens with zero attached hydrogens (tertiary/aromatic N) is 3. The Balaban J connectivity index is 1.38. The fraction of sp³-hybridized carbons (Fsp3) is 0.0769. The van der Waals surface area contributed by atoms with E-state index in [9.17, 15) is 9.59 Å². The minimum atomic E-state index is -0.223. The maximum Gasteiger partial charge on any atom is 0.248 e. The average Bonchev–Trinajstić information content (AvgIpc) is 3.23. The lowest BCUT2D eigenvalue weighted by Crippen LogP contribution is -2.14. The smallest absolute Gasteiger partial charge is 0.248 e. The van der Waals surface area contributed by atoms with Crippen LogP contribution in [0.3, 0.4) is 0 Å². The predicted molar refractivity (Wildman–Crippen MR) is 136 cm³/mol. The molecule has 7 nitrogen and oxygen atoms in total. The highest BCUT2D eigenvalue weighted by Gasteiger charge is 2.14. The summed E-state index contributed by atoms with van der Waals surface area (Å²) in [5.74, 6) is 0.514. The van der Waals surface area contributed by atoms with Crippen molar-refractivity contribution >= 4 is 41.0 Å². The summed E-state index contributed by atoms with van der Waals surface area (Å²) < 4.78 is 1.83. The van der Waals surface area contributed by atoms with Crippen molar-refractivity contribution in [2.75, 3.05) is 16.4 Å². The van der Waals surface area contributed by atoms with Gasteiger partial charge in [0, 0.05) is 30.1 Å². The van der Waals surface area contributed by atoms with Gasteiger partial charge >= 0.3 is 0 Å². The molecule has 4 rings (SSSR count).